The third-order valence-corrected chi connectivity index (χ3v) is 5.35. The van der Waals surface area contributed by atoms with E-state index in [9.17, 15) is 9.90 Å². The molecule has 2 unspecified atom stereocenters. The van der Waals surface area contributed by atoms with Crippen molar-refractivity contribution in [3.8, 4) is 0 Å². The number of pyridine rings is 1. The SMILES string of the molecule is O=C(O)c1c2c(nc3c(Cl)c(Cl)ccc13)C1CCC2C1. The van der Waals surface area contributed by atoms with Gasteiger partial charge in [-0.05, 0) is 36.8 Å². The van der Waals surface area contributed by atoms with Crippen LogP contribution in [0.4, 0.5) is 0 Å². The lowest BCUT2D eigenvalue weighted by Crippen LogP contribution is -2.11. The van der Waals surface area contributed by atoms with Crippen molar-refractivity contribution in [2.45, 2.75) is 31.1 Å². The van der Waals surface area contributed by atoms with Crippen LogP contribution in [-0.4, -0.2) is 16.1 Å². The van der Waals surface area contributed by atoms with Gasteiger partial charge in [0.1, 0.15) is 0 Å². The van der Waals surface area contributed by atoms with Gasteiger partial charge in [-0.15, -0.1) is 0 Å². The largest absolute Gasteiger partial charge is 0.478 e. The van der Waals surface area contributed by atoms with E-state index in [2.05, 4.69) is 4.98 Å². The van der Waals surface area contributed by atoms with Gasteiger partial charge >= 0.3 is 5.97 Å². The molecule has 3 nitrogen and oxygen atoms in total. The number of fused-ring (bicyclic) bond motifs is 6. The lowest BCUT2D eigenvalue weighted by Gasteiger charge is -2.19. The number of carboxylic acid groups (broad SMARTS) is 1. The number of aromatic nitrogens is 1. The number of hydrogen-bond acceptors (Lipinski definition) is 2. The average Bonchev–Trinajstić information content (AvgIpc) is 3.02. The zero-order valence-electron chi connectivity index (χ0n) is 10.5. The predicted molar refractivity (Wildman–Crippen MR) is 78.1 cm³/mol. The Morgan fingerprint density at radius 3 is 2.75 bits per heavy atom. The first-order valence-electron chi connectivity index (χ1n) is 6.62. The van der Waals surface area contributed by atoms with Crippen LogP contribution in [0.5, 0.6) is 0 Å². The van der Waals surface area contributed by atoms with Crippen molar-refractivity contribution in [3.05, 3.63) is 39.0 Å². The van der Waals surface area contributed by atoms with E-state index >= 15 is 0 Å². The molecule has 4 rings (SSSR count). The number of rotatable bonds is 1. The van der Waals surface area contributed by atoms with Gasteiger partial charge in [0.15, 0.2) is 0 Å². The molecule has 2 aromatic rings. The maximum atomic E-state index is 11.7. The van der Waals surface area contributed by atoms with Gasteiger partial charge in [0.25, 0.3) is 0 Å². The van der Waals surface area contributed by atoms with Gasteiger partial charge in [-0.25, -0.2) is 4.79 Å². The molecule has 0 aliphatic heterocycles. The van der Waals surface area contributed by atoms with E-state index in [1.807, 2.05) is 0 Å². The predicted octanol–water partition coefficient (Wildman–Crippen LogP) is 4.60. The van der Waals surface area contributed by atoms with Crippen molar-refractivity contribution in [1.29, 1.82) is 0 Å². The van der Waals surface area contributed by atoms with Crippen LogP contribution in [0.15, 0.2) is 12.1 Å². The number of aromatic carboxylic acids is 1. The first-order valence-corrected chi connectivity index (χ1v) is 7.38. The third kappa shape index (κ3) is 1.48. The van der Waals surface area contributed by atoms with E-state index in [-0.39, 0.29) is 0 Å². The van der Waals surface area contributed by atoms with Crippen molar-refractivity contribution >= 4 is 40.1 Å². The Bertz CT molecular complexity index is 772. The van der Waals surface area contributed by atoms with Crippen LogP contribution in [0.1, 0.15) is 52.7 Å². The Morgan fingerprint density at radius 2 is 2.00 bits per heavy atom. The summed E-state index contributed by atoms with van der Waals surface area (Å²) in [7, 11) is 0. The molecule has 5 heteroatoms. The normalized spacial score (nSPS) is 23.3. The van der Waals surface area contributed by atoms with Crippen molar-refractivity contribution < 1.29 is 9.90 Å². The Morgan fingerprint density at radius 1 is 1.25 bits per heavy atom. The van der Waals surface area contributed by atoms with E-state index in [4.69, 9.17) is 23.2 Å². The van der Waals surface area contributed by atoms with Gasteiger partial charge in [-0.3, -0.25) is 4.98 Å². The number of halogens is 2. The molecule has 20 heavy (non-hydrogen) atoms. The maximum absolute atomic E-state index is 11.7. The van der Waals surface area contributed by atoms with Crippen LogP contribution >= 0.6 is 23.2 Å². The molecule has 2 atom stereocenters. The summed E-state index contributed by atoms with van der Waals surface area (Å²) in [5.74, 6) is -0.181. The zero-order valence-corrected chi connectivity index (χ0v) is 12.0. The molecule has 2 aliphatic rings. The second-order valence-corrected chi connectivity index (χ2v) is 6.34. The summed E-state index contributed by atoms with van der Waals surface area (Å²) in [6.07, 6.45) is 3.17. The lowest BCUT2D eigenvalue weighted by molar-refractivity contribution is 0.0697. The van der Waals surface area contributed by atoms with E-state index in [1.165, 1.54) is 0 Å². The quantitative estimate of drug-likeness (QED) is 0.837. The van der Waals surface area contributed by atoms with Gasteiger partial charge in [0, 0.05) is 17.0 Å². The maximum Gasteiger partial charge on any atom is 0.336 e. The van der Waals surface area contributed by atoms with Crippen molar-refractivity contribution in [1.82, 2.24) is 4.98 Å². The molecule has 2 aliphatic carbocycles. The molecule has 1 fully saturated rings. The lowest BCUT2D eigenvalue weighted by atomic mass is 9.89. The number of carboxylic acids is 1. The van der Waals surface area contributed by atoms with Crippen molar-refractivity contribution in [3.63, 3.8) is 0 Å². The van der Waals surface area contributed by atoms with Crippen LogP contribution in [-0.2, 0) is 0 Å². The fourth-order valence-electron chi connectivity index (χ4n) is 3.75. The molecule has 0 saturated heterocycles. The number of hydrogen-bond donors (Lipinski definition) is 1. The van der Waals surface area contributed by atoms with Crippen LogP contribution in [0.3, 0.4) is 0 Å². The number of benzene rings is 1. The molecule has 0 radical (unpaired) electrons. The van der Waals surface area contributed by atoms with E-state index < -0.39 is 5.97 Å². The van der Waals surface area contributed by atoms with Crippen molar-refractivity contribution in [2.24, 2.45) is 0 Å². The molecule has 1 aromatic carbocycles. The van der Waals surface area contributed by atoms with E-state index in [1.54, 1.807) is 12.1 Å². The molecule has 1 heterocycles. The molecule has 0 spiro atoms. The minimum Gasteiger partial charge on any atom is -0.478 e. The number of carbonyl (C=O) groups is 1. The number of nitrogens with zero attached hydrogens (tertiary/aromatic N) is 1. The minimum atomic E-state index is -0.903. The molecule has 1 N–H and O–H groups in total. The fourth-order valence-corrected chi connectivity index (χ4v) is 4.11. The highest BCUT2D eigenvalue weighted by molar-refractivity contribution is 6.45. The minimum absolute atomic E-state index is 0.340. The topological polar surface area (TPSA) is 50.2 Å². The molecule has 1 aromatic heterocycles. The van der Waals surface area contributed by atoms with E-state index in [0.717, 1.165) is 30.5 Å². The summed E-state index contributed by atoms with van der Waals surface area (Å²) in [6, 6.07) is 3.35. The summed E-state index contributed by atoms with van der Waals surface area (Å²) < 4.78 is 0. The Balaban J connectivity index is 2.17. The monoisotopic (exact) mass is 307 g/mol. The van der Waals surface area contributed by atoms with E-state index in [0.29, 0.717) is 38.3 Å². The molecule has 102 valence electrons. The first kappa shape index (κ1) is 12.4. The average molecular weight is 308 g/mol. The van der Waals surface area contributed by atoms with Crippen LogP contribution in [0.2, 0.25) is 10.0 Å². The third-order valence-electron chi connectivity index (χ3n) is 4.56. The highest BCUT2D eigenvalue weighted by Gasteiger charge is 2.41. The van der Waals surface area contributed by atoms with Crippen LogP contribution < -0.4 is 0 Å². The highest BCUT2D eigenvalue weighted by Crippen LogP contribution is 2.54. The molecule has 0 amide bonds. The second kappa shape index (κ2) is 4.09. The molecule has 1 saturated carbocycles. The van der Waals surface area contributed by atoms with Gasteiger partial charge < -0.3 is 5.11 Å². The molecule has 2 bridgehead atoms. The Kier molecular flexibility index (Phi) is 2.54. The van der Waals surface area contributed by atoms with Gasteiger partial charge in [-0.2, -0.15) is 0 Å². The smallest absolute Gasteiger partial charge is 0.336 e. The summed E-state index contributed by atoms with van der Waals surface area (Å²) >= 11 is 12.2. The zero-order chi connectivity index (χ0) is 14.0. The fraction of sp³-hybridized carbons (Fsp3) is 0.333. The highest BCUT2D eigenvalue weighted by atomic mass is 35.5. The molecular formula is C15H11Cl2NO2. The Labute approximate surface area is 125 Å². The summed E-state index contributed by atoms with van der Waals surface area (Å²) in [5.41, 5.74) is 2.74. The van der Waals surface area contributed by atoms with Gasteiger partial charge in [0.05, 0.1) is 21.1 Å². The standard InChI is InChI=1S/C15H11Cl2NO2/c16-9-4-3-8-11(15(19)20)10-6-1-2-7(5-6)13(10)18-14(8)12(9)17/h3-4,6-7H,1-2,5H2,(H,19,20). The van der Waals surface area contributed by atoms with Crippen LogP contribution in [0.25, 0.3) is 10.9 Å². The molecular weight excluding hydrogens is 297 g/mol. The summed E-state index contributed by atoms with van der Waals surface area (Å²) in [6.45, 7) is 0. The summed E-state index contributed by atoms with van der Waals surface area (Å²) in [4.78, 5) is 16.4. The van der Waals surface area contributed by atoms with Crippen LogP contribution in [0, 0.1) is 0 Å². The van der Waals surface area contributed by atoms with Crippen molar-refractivity contribution in [2.75, 3.05) is 0 Å². The van der Waals surface area contributed by atoms with Gasteiger partial charge in [0.2, 0.25) is 0 Å². The summed E-state index contributed by atoms with van der Waals surface area (Å²) in [5, 5.41) is 11.0. The second-order valence-electron chi connectivity index (χ2n) is 5.56. The van der Waals surface area contributed by atoms with Gasteiger partial charge in [-0.1, -0.05) is 29.3 Å². The first-order chi connectivity index (χ1) is 9.58. The Hall–Kier alpha value is -1.32.